The highest BCUT2D eigenvalue weighted by molar-refractivity contribution is 6.78. The van der Waals surface area contributed by atoms with E-state index in [9.17, 15) is 40.9 Å². The van der Waals surface area contributed by atoms with Gasteiger partial charge in [0.1, 0.15) is 56.9 Å². The second kappa shape index (κ2) is 8.26. The lowest BCUT2D eigenvalue weighted by Crippen LogP contribution is -2.74. The number of hydrogen-bond donors (Lipinski definition) is 8. The Kier molecular flexibility index (Phi) is 7.05. The molecule has 0 aromatic carbocycles. The molecule has 12 heteroatoms. The standard InChI is InChI=1S/C15H30O11Si/c1-27(2,3)15(23)13(22)11(21)12(7(5-17)26-15)25-14-10(20)9(19)8(18)6(4-16)24-14/h6-14,16-23H,4-5H2,1-3H3/t6-,7-,8+,9+,10-,11+,12-,13-,14+,15?/m1/s1. The van der Waals surface area contributed by atoms with Crippen LogP contribution in [0.3, 0.4) is 0 Å². The summed E-state index contributed by atoms with van der Waals surface area (Å²) in [6, 6.07) is 0. The van der Waals surface area contributed by atoms with Gasteiger partial charge in [0, 0.05) is 0 Å². The molecular weight excluding hydrogens is 384 g/mol. The van der Waals surface area contributed by atoms with E-state index in [-0.39, 0.29) is 0 Å². The average molecular weight is 414 g/mol. The summed E-state index contributed by atoms with van der Waals surface area (Å²) in [6.45, 7) is 3.76. The Morgan fingerprint density at radius 3 is 1.89 bits per heavy atom. The topological polar surface area (TPSA) is 190 Å². The minimum Gasteiger partial charge on any atom is -0.394 e. The molecular formula is C15H30O11Si. The molecule has 2 heterocycles. The first-order valence-corrected chi connectivity index (χ1v) is 12.2. The molecule has 2 fully saturated rings. The Morgan fingerprint density at radius 1 is 0.852 bits per heavy atom. The number of hydrogen-bond acceptors (Lipinski definition) is 11. The van der Waals surface area contributed by atoms with Gasteiger partial charge in [-0.05, 0) is 0 Å². The molecule has 0 aromatic rings. The molecule has 2 aliphatic heterocycles. The summed E-state index contributed by atoms with van der Waals surface area (Å²) >= 11 is 0. The Labute approximate surface area is 157 Å². The van der Waals surface area contributed by atoms with Crippen molar-refractivity contribution in [3.05, 3.63) is 0 Å². The highest BCUT2D eigenvalue weighted by Crippen LogP contribution is 2.37. The van der Waals surface area contributed by atoms with Gasteiger partial charge in [0.2, 0.25) is 0 Å². The first-order valence-electron chi connectivity index (χ1n) is 8.72. The van der Waals surface area contributed by atoms with E-state index in [0.29, 0.717) is 0 Å². The van der Waals surface area contributed by atoms with Crippen LogP contribution in [0.25, 0.3) is 0 Å². The second-order valence-corrected chi connectivity index (χ2v) is 13.2. The first kappa shape index (κ1) is 23.1. The summed E-state index contributed by atoms with van der Waals surface area (Å²) in [5, 5.41) is 80.2. The van der Waals surface area contributed by atoms with Crippen LogP contribution in [-0.2, 0) is 14.2 Å². The van der Waals surface area contributed by atoms with Gasteiger partial charge in [-0.2, -0.15) is 0 Å². The second-order valence-electron chi connectivity index (χ2n) is 8.02. The molecule has 8 N–H and O–H groups in total. The number of aliphatic hydroxyl groups is 8. The van der Waals surface area contributed by atoms with Gasteiger partial charge in [-0.1, -0.05) is 19.6 Å². The molecule has 11 nitrogen and oxygen atoms in total. The summed E-state index contributed by atoms with van der Waals surface area (Å²) in [5.41, 5.74) is -2.06. The van der Waals surface area contributed by atoms with Crippen LogP contribution in [0, 0.1) is 0 Å². The van der Waals surface area contributed by atoms with Crippen LogP contribution in [-0.4, -0.2) is 123 Å². The van der Waals surface area contributed by atoms with Gasteiger partial charge in [-0.25, -0.2) is 0 Å². The average Bonchev–Trinajstić information content (AvgIpc) is 2.60. The molecule has 0 bridgehead atoms. The Hall–Kier alpha value is -0.223. The molecule has 0 aliphatic carbocycles. The fourth-order valence-corrected chi connectivity index (χ4v) is 4.83. The van der Waals surface area contributed by atoms with Crippen LogP contribution in [0.1, 0.15) is 0 Å². The molecule has 0 spiro atoms. The maximum atomic E-state index is 10.8. The zero-order chi connectivity index (χ0) is 20.7. The number of rotatable bonds is 5. The quantitative estimate of drug-likeness (QED) is 0.204. The molecule has 0 radical (unpaired) electrons. The summed E-state index contributed by atoms with van der Waals surface area (Å²) in [7, 11) is -2.61. The summed E-state index contributed by atoms with van der Waals surface area (Å²) in [4.78, 5) is 0. The van der Waals surface area contributed by atoms with Crippen molar-refractivity contribution in [2.75, 3.05) is 13.2 Å². The Morgan fingerprint density at radius 2 is 1.41 bits per heavy atom. The molecule has 0 aromatic heterocycles. The fourth-order valence-electron chi connectivity index (χ4n) is 3.26. The van der Waals surface area contributed by atoms with Crippen LogP contribution in [0.4, 0.5) is 0 Å². The molecule has 160 valence electrons. The zero-order valence-corrected chi connectivity index (χ0v) is 16.4. The van der Waals surface area contributed by atoms with Gasteiger partial charge in [0.25, 0.3) is 0 Å². The van der Waals surface area contributed by atoms with Crippen LogP contribution >= 0.6 is 0 Å². The van der Waals surface area contributed by atoms with Gasteiger partial charge < -0.3 is 55.1 Å². The number of aliphatic hydroxyl groups excluding tert-OH is 7. The van der Waals surface area contributed by atoms with Crippen molar-refractivity contribution < 1.29 is 55.1 Å². The summed E-state index contributed by atoms with van der Waals surface area (Å²) < 4.78 is 16.1. The molecule has 2 saturated heterocycles. The van der Waals surface area contributed by atoms with Crippen LogP contribution in [0.2, 0.25) is 19.6 Å². The van der Waals surface area contributed by atoms with Crippen molar-refractivity contribution in [1.82, 2.24) is 0 Å². The predicted molar refractivity (Wildman–Crippen MR) is 90.9 cm³/mol. The van der Waals surface area contributed by atoms with E-state index in [4.69, 9.17) is 14.2 Å². The lowest BCUT2D eigenvalue weighted by Gasteiger charge is -2.52. The fraction of sp³-hybridized carbons (Fsp3) is 1.00. The van der Waals surface area contributed by atoms with Gasteiger partial charge in [-0.3, -0.25) is 0 Å². The summed E-state index contributed by atoms with van der Waals surface area (Å²) in [6.07, 6.45) is -14.0. The minimum absolute atomic E-state index is 0.671. The minimum atomic E-state index is -2.61. The molecule has 27 heavy (non-hydrogen) atoms. The van der Waals surface area contributed by atoms with Crippen molar-refractivity contribution in [2.45, 2.75) is 80.2 Å². The van der Waals surface area contributed by atoms with E-state index in [1.165, 1.54) is 0 Å². The summed E-state index contributed by atoms with van der Waals surface area (Å²) in [5.74, 6) is 0. The maximum Gasteiger partial charge on any atom is 0.187 e. The molecule has 2 aliphatic rings. The van der Waals surface area contributed by atoms with E-state index in [2.05, 4.69) is 0 Å². The van der Waals surface area contributed by atoms with Crippen molar-refractivity contribution in [3.63, 3.8) is 0 Å². The highest BCUT2D eigenvalue weighted by Gasteiger charge is 2.60. The van der Waals surface area contributed by atoms with Crippen molar-refractivity contribution in [2.24, 2.45) is 0 Å². The molecule has 2 rings (SSSR count). The van der Waals surface area contributed by atoms with E-state index >= 15 is 0 Å². The molecule has 0 saturated carbocycles. The van der Waals surface area contributed by atoms with Gasteiger partial charge in [-0.15, -0.1) is 0 Å². The Balaban J connectivity index is 2.23. The predicted octanol–water partition coefficient (Wildman–Crippen LogP) is -4.15. The highest BCUT2D eigenvalue weighted by atomic mass is 28.3. The third-order valence-electron chi connectivity index (χ3n) is 5.15. The zero-order valence-electron chi connectivity index (χ0n) is 15.4. The van der Waals surface area contributed by atoms with Gasteiger partial charge >= 0.3 is 0 Å². The van der Waals surface area contributed by atoms with Crippen molar-refractivity contribution >= 4 is 8.07 Å². The van der Waals surface area contributed by atoms with E-state index in [1.54, 1.807) is 19.6 Å². The number of ether oxygens (including phenoxy) is 3. The monoisotopic (exact) mass is 414 g/mol. The van der Waals surface area contributed by atoms with E-state index < -0.39 is 81.8 Å². The smallest absolute Gasteiger partial charge is 0.187 e. The third kappa shape index (κ3) is 4.08. The van der Waals surface area contributed by atoms with Crippen LogP contribution < -0.4 is 0 Å². The molecule has 10 atom stereocenters. The third-order valence-corrected chi connectivity index (χ3v) is 7.72. The van der Waals surface area contributed by atoms with Crippen molar-refractivity contribution in [1.29, 1.82) is 0 Å². The largest absolute Gasteiger partial charge is 0.394 e. The SMILES string of the molecule is C[Si](C)(C)C1(O)O[C@H](CO)[C@@H](O[C@@H]2O[C@H](CO)[C@H](O)[C@H](O)[C@H]2O)[C@H](O)[C@H]1O. The normalized spacial score (nSPS) is 49.2. The Bertz CT molecular complexity index is 499. The lowest BCUT2D eigenvalue weighted by atomic mass is 9.97. The van der Waals surface area contributed by atoms with Gasteiger partial charge in [0.15, 0.2) is 11.7 Å². The van der Waals surface area contributed by atoms with E-state index in [1.807, 2.05) is 0 Å². The van der Waals surface area contributed by atoms with Gasteiger partial charge in [0.05, 0.1) is 13.2 Å². The maximum absolute atomic E-state index is 10.8. The van der Waals surface area contributed by atoms with Crippen molar-refractivity contribution in [3.8, 4) is 0 Å². The van der Waals surface area contributed by atoms with Crippen LogP contribution in [0.5, 0.6) is 0 Å². The van der Waals surface area contributed by atoms with Crippen LogP contribution in [0.15, 0.2) is 0 Å². The molecule has 0 amide bonds. The first-order chi connectivity index (χ1) is 12.4. The van der Waals surface area contributed by atoms with E-state index in [0.717, 1.165) is 0 Å². The molecule has 1 unspecified atom stereocenters. The lowest BCUT2D eigenvalue weighted by molar-refractivity contribution is -0.366.